The van der Waals surface area contributed by atoms with Crippen molar-refractivity contribution in [2.75, 3.05) is 0 Å². The van der Waals surface area contributed by atoms with Gasteiger partial charge in [-0.05, 0) is 42.3 Å². The van der Waals surface area contributed by atoms with Gasteiger partial charge >= 0.3 is 0 Å². The van der Waals surface area contributed by atoms with E-state index in [0.29, 0.717) is 5.02 Å². The van der Waals surface area contributed by atoms with Crippen LogP contribution in [0.1, 0.15) is 24.1 Å². The van der Waals surface area contributed by atoms with Crippen LogP contribution in [0.2, 0.25) is 5.02 Å². The molecule has 0 aliphatic carbocycles. The predicted octanol–water partition coefficient (Wildman–Crippen LogP) is 2.84. The van der Waals surface area contributed by atoms with Crippen molar-refractivity contribution in [3.8, 4) is 0 Å². The van der Waals surface area contributed by atoms with Crippen LogP contribution in [0, 0.1) is 0 Å². The second kappa shape index (κ2) is 6.58. The number of rotatable bonds is 5. The van der Waals surface area contributed by atoms with E-state index in [2.05, 4.69) is 4.72 Å². The maximum atomic E-state index is 12.3. The third-order valence-electron chi connectivity index (χ3n) is 3.05. The second-order valence-electron chi connectivity index (χ2n) is 4.82. The number of halogens is 1. The molecule has 2 aromatic carbocycles. The van der Waals surface area contributed by atoms with Crippen molar-refractivity contribution in [3.63, 3.8) is 0 Å². The Morgan fingerprint density at radius 2 is 1.90 bits per heavy atom. The van der Waals surface area contributed by atoms with Gasteiger partial charge in [0.1, 0.15) is 0 Å². The molecule has 21 heavy (non-hydrogen) atoms. The van der Waals surface area contributed by atoms with Crippen molar-refractivity contribution in [2.24, 2.45) is 5.73 Å². The molecule has 3 N–H and O–H groups in total. The molecule has 1 atom stereocenters. The van der Waals surface area contributed by atoms with Crippen molar-refractivity contribution in [3.05, 3.63) is 64.7 Å². The van der Waals surface area contributed by atoms with E-state index in [1.165, 1.54) is 0 Å². The number of hydrogen-bond acceptors (Lipinski definition) is 3. The van der Waals surface area contributed by atoms with Gasteiger partial charge in [-0.1, -0.05) is 35.9 Å². The normalized spacial score (nSPS) is 13.1. The first kappa shape index (κ1) is 16.0. The standard InChI is InChI=1S/C15H17ClN2O2S/c1-11(17)13-5-3-7-15(9-13)21(19,20)18-10-12-4-2-6-14(16)8-12/h2-9,11,18H,10,17H2,1H3. The average molecular weight is 325 g/mol. The lowest BCUT2D eigenvalue weighted by molar-refractivity contribution is 0.581. The third kappa shape index (κ3) is 4.28. The van der Waals surface area contributed by atoms with Crippen molar-refractivity contribution < 1.29 is 8.42 Å². The summed E-state index contributed by atoms with van der Waals surface area (Å²) in [5.41, 5.74) is 7.36. The zero-order valence-electron chi connectivity index (χ0n) is 11.6. The SMILES string of the molecule is CC(N)c1cccc(S(=O)(=O)NCc2cccc(Cl)c2)c1. The molecule has 6 heteroatoms. The Balaban J connectivity index is 2.17. The van der Waals surface area contributed by atoms with Crippen LogP contribution in [0.25, 0.3) is 0 Å². The molecule has 0 aliphatic heterocycles. The highest BCUT2D eigenvalue weighted by molar-refractivity contribution is 7.89. The summed E-state index contributed by atoms with van der Waals surface area (Å²) in [6.45, 7) is 2.00. The van der Waals surface area contributed by atoms with Crippen LogP contribution in [0.15, 0.2) is 53.4 Å². The topological polar surface area (TPSA) is 72.2 Å². The summed E-state index contributed by atoms with van der Waals surface area (Å²) in [6, 6.07) is 13.5. The van der Waals surface area contributed by atoms with E-state index < -0.39 is 10.0 Å². The molecule has 0 bridgehead atoms. The number of nitrogens with two attached hydrogens (primary N) is 1. The lowest BCUT2D eigenvalue weighted by Crippen LogP contribution is -2.23. The summed E-state index contributed by atoms with van der Waals surface area (Å²) in [7, 11) is -3.58. The van der Waals surface area contributed by atoms with Gasteiger partial charge in [-0.3, -0.25) is 0 Å². The van der Waals surface area contributed by atoms with Crippen molar-refractivity contribution >= 4 is 21.6 Å². The van der Waals surface area contributed by atoms with Crippen molar-refractivity contribution in [1.29, 1.82) is 0 Å². The summed E-state index contributed by atoms with van der Waals surface area (Å²) in [5, 5.41) is 0.575. The van der Waals surface area contributed by atoms with Gasteiger partial charge in [0.25, 0.3) is 0 Å². The smallest absolute Gasteiger partial charge is 0.240 e. The first-order valence-electron chi connectivity index (χ1n) is 6.48. The quantitative estimate of drug-likeness (QED) is 0.888. The minimum absolute atomic E-state index is 0.186. The molecular formula is C15H17ClN2O2S. The molecular weight excluding hydrogens is 308 g/mol. The van der Waals surface area contributed by atoms with Crippen LogP contribution in [0.5, 0.6) is 0 Å². The second-order valence-corrected chi connectivity index (χ2v) is 7.02. The van der Waals surface area contributed by atoms with Crippen molar-refractivity contribution in [1.82, 2.24) is 4.72 Å². The van der Waals surface area contributed by atoms with Crippen LogP contribution in [-0.4, -0.2) is 8.42 Å². The molecule has 0 saturated heterocycles. The summed E-state index contributed by atoms with van der Waals surface area (Å²) >= 11 is 5.88. The Hall–Kier alpha value is -1.40. The molecule has 2 rings (SSSR count). The van der Waals surface area contributed by atoms with Gasteiger partial charge in [0.05, 0.1) is 4.90 Å². The zero-order valence-corrected chi connectivity index (χ0v) is 13.2. The summed E-state index contributed by atoms with van der Waals surface area (Å²) in [4.78, 5) is 0.208. The highest BCUT2D eigenvalue weighted by atomic mass is 35.5. The molecule has 112 valence electrons. The molecule has 0 aromatic heterocycles. The maximum Gasteiger partial charge on any atom is 0.240 e. The minimum Gasteiger partial charge on any atom is -0.324 e. The molecule has 0 spiro atoms. The molecule has 0 heterocycles. The number of hydrogen-bond donors (Lipinski definition) is 2. The van der Waals surface area contributed by atoms with E-state index in [4.69, 9.17) is 17.3 Å². The van der Waals surface area contributed by atoms with Crippen LogP contribution in [0.3, 0.4) is 0 Å². The van der Waals surface area contributed by atoms with E-state index in [1.54, 1.807) is 42.5 Å². The Morgan fingerprint density at radius 1 is 1.19 bits per heavy atom. The molecule has 0 aliphatic rings. The predicted molar refractivity (Wildman–Crippen MR) is 84.5 cm³/mol. The summed E-state index contributed by atoms with van der Waals surface area (Å²) in [5.74, 6) is 0. The van der Waals surface area contributed by atoms with Crippen molar-refractivity contribution in [2.45, 2.75) is 24.4 Å². The van der Waals surface area contributed by atoms with E-state index >= 15 is 0 Å². The van der Waals surface area contributed by atoms with E-state index in [0.717, 1.165) is 11.1 Å². The molecule has 2 aromatic rings. The van der Waals surface area contributed by atoms with Gasteiger partial charge in [-0.15, -0.1) is 0 Å². The van der Waals surface area contributed by atoms with Gasteiger partial charge in [0.2, 0.25) is 10.0 Å². The first-order valence-corrected chi connectivity index (χ1v) is 8.34. The first-order chi connectivity index (χ1) is 9.88. The highest BCUT2D eigenvalue weighted by Gasteiger charge is 2.14. The molecule has 0 radical (unpaired) electrons. The van der Waals surface area contributed by atoms with E-state index in [1.807, 2.05) is 13.0 Å². The fourth-order valence-corrected chi connectivity index (χ4v) is 3.16. The molecule has 1 unspecified atom stereocenters. The largest absolute Gasteiger partial charge is 0.324 e. The van der Waals surface area contributed by atoms with Gasteiger partial charge in [0, 0.05) is 17.6 Å². The summed E-state index contributed by atoms with van der Waals surface area (Å²) < 4.78 is 27.1. The van der Waals surface area contributed by atoms with Crippen LogP contribution < -0.4 is 10.5 Å². The molecule has 0 saturated carbocycles. The van der Waals surface area contributed by atoms with Crippen LogP contribution in [-0.2, 0) is 16.6 Å². The minimum atomic E-state index is -3.58. The van der Waals surface area contributed by atoms with Gasteiger partial charge in [0.15, 0.2) is 0 Å². The summed E-state index contributed by atoms with van der Waals surface area (Å²) in [6.07, 6.45) is 0. The number of sulfonamides is 1. The molecule has 0 amide bonds. The lowest BCUT2D eigenvalue weighted by atomic mass is 10.1. The number of nitrogens with one attached hydrogen (secondary N) is 1. The van der Waals surface area contributed by atoms with Crippen LogP contribution in [0.4, 0.5) is 0 Å². The average Bonchev–Trinajstić information content (AvgIpc) is 2.45. The van der Waals surface area contributed by atoms with E-state index in [-0.39, 0.29) is 17.5 Å². The number of benzene rings is 2. The zero-order chi connectivity index (χ0) is 15.5. The maximum absolute atomic E-state index is 12.3. The lowest BCUT2D eigenvalue weighted by Gasteiger charge is -2.10. The Morgan fingerprint density at radius 3 is 2.57 bits per heavy atom. The molecule has 4 nitrogen and oxygen atoms in total. The monoisotopic (exact) mass is 324 g/mol. The van der Waals surface area contributed by atoms with Gasteiger partial charge in [-0.25, -0.2) is 13.1 Å². The van der Waals surface area contributed by atoms with Gasteiger partial charge in [-0.2, -0.15) is 0 Å². The Labute approximate surface area is 130 Å². The molecule has 0 fully saturated rings. The Bertz CT molecular complexity index is 730. The third-order valence-corrected chi connectivity index (χ3v) is 4.68. The fraction of sp³-hybridized carbons (Fsp3) is 0.200. The Kier molecular flexibility index (Phi) is 5.00. The highest BCUT2D eigenvalue weighted by Crippen LogP contribution is 2.17. The van der Waals surface area contributed by atoms with Gasteiger partial charge < -0.3 is 5.73 Å². The fourth-order valence-electron chi connectivity index (χ4n) is 1.87. The van der Waals surface area contributed by atoms with E-state index in [9.17, 15) is 8.42 Å². The van der Waals surface area contributed by atoms with Crippen LogP contribution >= 0.6 is 11.6 Å².